The Labute approximate surface area is 223 Å². The van der Waals surface area contributed by atoms with Gasteiger partial charge >= 0.3 is 0 Å². The lowest BCUT2D eigenvalue weighted by Crippen LogP contribution is -2.41. The lowest BCUT2D eigenvalue weighted by atomic mass is 10.2. The Hall–Kier alpha value is -3.61. The topological polar surface area (TPSA) is 122 Å². The molecule has 204 valence electrons. The summed E-state index contributed by atoms with van der Waals surface area (Å²) in [5, 5.41) is 2.66. The molecule has 1 N–H and O–H groups in total. The number of carbonyl (C=O) groups is 1. The predicted molar refractivity (Wildman–Crippen MR) is 145 cm³/mol. The van der Waals surface area contributed by atoms with Crippen LogP contribution in [0.5, 0.6) is 11.5 Å². The molecule has 12 heteroatoms. The number of amides is 1. The van der Waals surface area contributed by atoms with Crippen LogP contribution in [0, 0.1) is 6.92 Å². The number of carbonyl (C=O) groups excluding carboxylic acids is 1. The van der Waals surface area contributed by atoms with Crippen molar-refractivity contribution in [1.29, 1.82) is 0 Å². The number of aryl methyl sites for hydroxylation is 1. The fourth-order valence-electron chi connectivity index (χ4n) is 3.38. The normalized spacial score (nSPS) is 11.7. The first-order valence-electron chi connectivity index (χ1n) is 11.6. The number of hydrogen-bond acceptors (Lipinski definition) is 7. The van der Waals surface area contributed by atoms with Crippen LogP contribution in [0.15, 0.2) is 82.6 Å². The second kappa shape index (κ2) is 12.3. The molecule has 0 unspecified atom stereocenters. The van der Waals surface area contributed by atoms with Gasteiger partial charge in [0.25, 0.3) is 10.0 Å². The van der Waals surface area contributed by atoms with Crippen LogP contribution in [-0.4, -0.2) is 67.9 Å². The van der Waals surface area contributed by atoms with E-state index >= 15 is 0 Å². The van der Waals surface area contributed by atoms with Crippen molar-refractivity contribution in [1.82, 2.24) is 9.62 Å². The van der Waals surface area contributed by atoms with Crippen molar-refractivity contribution in [2.75, 3.05) is 45.2 Å². The van der Waals surface area contributed by atoms with E-state index in [1.165, 1.54) is 57.6 Å². The minimum Gasteiger partial charge on any atom is -0.497 e. The number of nitrogens with one attached hydrogen (secondary N) is 1. The Morgan fingerprint density at radius 1 is 0.842 bits per heavy atom. The highest BCUT2D eigenvalue weighted by atomic mass is 32.2. The standard InChI is InChI=1S/C26H31N3O7S2/c1-20-8-12-25(13-9-20)38(33,34)29(21-6-5-7-23(18-21)35-4)19-26(30)27-16-17-36-22-10-14-24(15-11-22)37(31,32)28(2)3/h5-15,18H,16-17,19H2,1-4H3,(H,27,30). The summed E-state index contributed by atoms with van der Waals surface area (Å²) in [6.45, 7) is 1.59. The smallest absolute Gasteiger partial charge is 0.264 e. The Morgan fingerprint density at radius 2 is 1.45 bits per heavy atom. The van der Waals surface area contributed by atoms with Gasteiger partial charge in [-0.2, -0.15) is 0 Å². The molecule has 3 rings (SSSR count). The predicted octanol–water partition coefficient (Wildman–Crippen LogP) is 2.64. The molecule has 0 saturated heterocycles. The van der Waals surface area contributed by atoms with E-state index in [-0.39, 0.29) is 28.6 Å². The summed E-state index contributed by atoms with van der Waals surface area (Å²) >= 11 is 0. The highest BCUT2D eigenvalue weighted by molar-refractivity contribution is 7.92. The number of rotatable bonds is 12. The van der Waals surface area contributed by atoms with Gasteiger partial charge in [-0.25, -0.2) is 21.1 Å². The summed E-state index contributed by atoms with van der Waals surface area (Å²) in [5.74, 6) is 0.348. The molecule has 0 aliphatic heterocycles. The van der Waals surface area contributed by atoms with Crippen molar-refractivity contribution in [2.45, 2.75) is 16.7 Å². The summed E-state index contributed by atoms with van der Waals surface area (Å²) in [7, 11) is -3.23. The van der Waals surface area contributed by atoms with Gasteiger partial charge in [0.1, 0.15) is 24.7 Å². The van der Waals surface area contributed by atoms with E-state index in [4.69, 9.17) is 9.47 Å². The van der Waals surface area contributed by atoms with Crippen LogP contribution in [0.3, 0.4) is 0 Å². The number of methoxy groups -OCH3 is 1. The molecular formula is C26H31N3O7S2. The second-order valence-corrected chi connectivity index (χ2v) is 12.5. The molecule has 38 heavy (non-hydrogen) atoms. The lowest BCUT2D eigenvalue weighted by molar-refractivity contribution is -0.119. The minimum absolute atomic E-state index is 0.0572. The van der Waals surface area contributed by atoms with Crippen LogP contribution < -0.4 is 19.1 Å². The zero-order valence-electron chi connectivity index (χ0n) is 21.6. The molecular weight excluding hydrogens is 530 g/mol. The number of ether oxygens (including phenoxy) is 2. The summed E-state index contributed by atoms with van der Waals surface area (Å²) in [4.78, 5) is 13.0. The number of hydrogen-bond donors (Lipinski definition) is 1. The highest BCUT2D eigenvalue weighted by Crippen LogP contribution is 2.27. The molecule has 0 aliphatic carbocycles. The van der Waals surface area contributed by atoms with Crippen molar-refractivity contribution in [3.8, 4) is 11.5 Å². The van der Waals surface area contributed by atoms with Crippen molar-refractivity contribution < 1.29 is 31.1 Å². The lowest BCUT2D eigenvalue weighted by Gasteiger charge is -2.24. The zero-order valence-corrected chi connectivity index (χ0v) is 23.3. The van der Waals surface area contributed by atoms with Gasteiger partial charge in [-0.15, -0.1) is 0 Å². The largest absolute Gasteiger partial charge is 0.497 e. The molecule has 10 nitrogen and oxygen atoms in total. The Kier molecular flexibility index (Phi) is 9.36. The van der Waals surface area contributed by atoms with E-state index in [0.29, 0.717) is 11.5 Å². The fourth-order valence-corrected chi connectivity index (χ4v) is 5.70. The third-order valence-electron chi connectivity index (χ3n) is 5.53. The maximum absolute atomic E-state index is 13.5. The van der Waals surface area contributed by atoms with Gasteiger partial charge in [0.05, 0.1) is 29.1 Å². The molecule has 0 bridgehead atoms. The van der Waals surface area contributed by atoms with Gasteiger partial charge in [0.2, 0.25) is 15.9 Å². The van der Waals surface area contributed by atoms with Crippen molar-refractivity contribution in [2.24, 2.45) is 0 Å². The van der Waals surface area contributed by atoms with Gasteiger partial charge < -0.3 is 14.8 Å². The van der Waals surface area contributed by atoms with Crippen LogP contribution >= 0.6 is 0 Å². The van der Waals surface area contributed by atoms with E-state index in [9.17, 15) is 21.6 Å². The zero-order chi connectivity index (χ0) is 27.9. The van der Waals surface area contributed by atoms with Crippen LogP contribution in [0.2, 0.25) is 0 Å². The molecule has 0 atom stereocenters. The number of benzene rings is 3. The van der Waals surface area contributed by atoms with E-state index < -0.39 is 32.5 Å². The van der Waals surface area contributed by atoms with E-state index in [0.717, 1.165) is 14.2 Å². The summed E-state index contributed by atoms with van der Waals surface area (Å²) in [6, 6.07) is 18.8. The molecule has 3 aromatic rings. The van der Waals surface area contributed by atoms with Gasteiger partial charge in [-0.1, -0.05) is 23.8 Å². The fraction of sp³-hybridized carbons (Fsp3) is 0.269. The van der Waals surface area contributed by atoms with E-state index in [2.05, 4.69) is 5.32 Å². The third kappa shape index (κ3) is 7.03. The molecule has 0 fully saturated rings. The Morgan fingerprint density at radius 3 is 2.05 bits per heavy atom. The maximum atomic E-state index is 13.5. The quantitative estimate of drug-likeness (QED) is 0.337. The summed E-state index contributed by atoms with van der Waals surface area (Å²) in [5.41, 5.74) is 1.19. The molecule has 0 saturated carbocycles. The molecule has 0 radical (unpaired) electrons. The second-order valence-electron chi connectivity index (χ2n) is 8.48. The van der Waals surface area contributed by atoms with Crippen LogP contribution in [0.25, 0.3) is 0 Å². The van der Waals surface area contributed by atoms with Gasteiger partial charge in [-0.3, -0.25) is 9.10 Å². The number of nitrogens with zero attached hydrogens (tertiary/aromatic N) is 2. The van der Waals surface area contributed by atoms with Gasteiger partial charge in [-0.05, 0) is 55.5 Å². The molecule has 0 spiro atoms. The molecule has 0 aliphatic rings. The van der Waals surface area contributed by atoms with Crippen molar-refractivity contribution in [3.05, 3.63) is 78.4 Å². The third-order valence-corrected chi connectivity index (χ3v) is 9.15. The van der Waals surface area contributed by atoms with Crippen molar-refractivity contribution >= 4 is 31.6 Å². The average Bonchev–Trinajstić information content (AvgIpc) is 2.90. The van der Waals surface area contributed by atoms with Crippen LogP contribution in [0.4, 0.5) is 5.69 Å². The van der Waals surface area contributed by atoms with E-state index in [1.807, 2.05) is 6.92 Å². The summed E-state index contributed by atoms with van der Waals surface area (Å²) < 4.78 is 64.2. The van der Waals surface area contributed by atoms with Gasteiger partial charge in [0.15, 0.2) is 0 Å². The average molecular weight is 562 g/mol. The first-order chi connectivity index (χ1) is 17.9. The molecule has 1 amide bonds. The SMILES string of the molecule is COc1cccc(N(CC(=O)NCCOc2ccc(S(=O)(=O)N(C)C)cc2)S(=O)(=O)c2ccc(C)cc2)c1. The molecule has 0 aromatic heterocycles. The number of anilines is 1. The maximum Gasteiger partial charge on any atom is 0.264 e. The van der Waals surface area contributed by atoms with E-state index in [1.54, 1.807) is 36.4 Å². The highest BCUT2D eigenvalue weighted by Gasteiger charge is 2.27. The van der Waals surface area contributed by atoms with Gasteiger partial charge in [0, 0.05) is 20.2 Å². The monoisotopic (exact) mass is 561 g/mol. The first-order valence-corrected chi connectivity index (χ1v) is 14.5. The van der Waals surface area contributed by atoms with Crippen LogP contribution in [0.1, 0.15) is 5.56 Å². The first kappa shape index (κ1) is 29.0. The van der Waals surface area contributed by atoms with Crippen molar-refractivity contribution in [3.63, 3.8) is 0 Å². The van der Waals surface area contributed by atoms with Crippen LogP contribution in [-0.2, 0) is 24.8 Å². The number of sulfonamides is 2. The minimum atomic E-state index is -4.05. The molecule has 0 heterocycles. The molecule has 3 aromatic carbocycles. The Bertz CT molecular complexity index is 1460. The Balaban J connectivity index is 1.67. The summed E-state index contributed by atoms with van der Waals surface area (Å²) in [6.07, 6.45) is 0.